The second-order valence-electron chi connectivity index (χ2n) is 14.9. The molecule has 0 saturated carbocycles. The van der Waals surface area contributed by atoms with Gasteiger partial charge in [-0.05, 0) is 58.7 Å². The van der Waals surface area contributed by atoms with Gasteiger partial charge in [-0.2, -0.15) is 0 Å². The fourth-order valence-corrected chi connectivity index (χ4v) is 8.55. The van der Waals surface area contributed by atoms with E-state index in [9.17, 15) is 5.11 Å². The molecule has 5 nitrogen and oxygen atoms in total. The van der Waals surface area contributed by atoms with E-state index in [1.165, 1.54) is 27.6 Å². The fraction of sp³-hybridized carbons (Fsp3) is 0.167. The monoisotopic (exact) mass is 883 g/mol. The van der Waals surface area contributed by atoms with Crippen LogP contribution in [0, 0.1) is 6.07 Å². The summed E-state index contributed by atoms with van der Waals surface area (Å²) in [5.74, 6) is 1.28. The van der Waals surface area contributed by atoms with Gasteiger partial charge >= 0.3 is 0 Å². The summed E-state index contributed by atoms with van der Waals surface area (Å²) in [6, 6.07) is 43.3. The van der Waals surface area contributed by atoms with Gasteiger partial charge in [-0.25, -0.2) is 4.98 Å². The molecule has 1 aliphatic rings. The van der Waals surface area contributed by atoms with Gasteiger partial charge in [0.1, 0.15) is 22.7 Å². The number of para-hydroxylation sites is 3. The summed E-state index contributed by atoms with van der Waals surface area (Å²) < 4.78 is 8.48. The minimum atomic E-state index is 0. The Kier molecular flexibility index (Phi) is 8.32. The number of phenols is 1. The maximum atomic E-state index is 11.9. The first-order valence-electron chi connectivity index (χ1n) is 18.6. The van der Waals surface area contributed by atoms with Gasteiger partial charge in [-0.1, -0.05) is 112 Å². The quantitative estimate of drug-likeness (QED) is 0.175. The number of hydrogen-bond acceptors (Lipinski definition) is 4. The summed E-state index contributed by atoms with van der Waals surface area (Å²) in [6.07, 6.45) is 1.91. The molecular weight excluding hydrogens is 846 g/mol. The first kappa shape index (κ1) is 34.3. The number of fused-ring (bicyclic) bond motifs is 9. The summed E-state index contributed by atoms with van der Waals surface area (Å²) in [7, 11) is 0. The van der Waals surface area contributed by atoms with Crippen molar-refractivity contribution in [3.05, 3.63) is 144 Å². The summed E-state index contributed by atoms with van der Waals surface area (Å²) in [6.45, 7) is 8.97. The zero-order valence-corrected chi connectivity index (χ0v) is 32.8. The Morgan fingerprint density at radius 2 is 1.39 bits per heavy atom. The summed E-state index contributed by atoms with van der Waals surface area (Å²) in [5, 5.41) is 16.1. The van der Waals surface area contributed by atoms with Crippen LogP contribution in [-0.2, 0) is 33.9 Å². The molecule has 0 aliphatic heterocycles. The van der Waals surface area contributed by atoms with Gasteiger partial charge in [0.05, 0.1) is 28.0 Å². The Labute approximate surface area is 328 Å². The molecule has 10 rings (SSSR count). The minimum absolute atomic E-state index is 0. The van der Waals surface area contributed by atoms with Crippen molar-refractivity contribution >= 4 is 43.7 Å². The molecule has 0 saturated heterocycles. The fourth-order valence-electron chi connectivity index (χ4n) is 8.55. The Hall–Kier alpha value is -5.51. The molecule has 0 fully saturated rings. The molecule has 6 aromatic carbocycles. The first-order chi connectivity index (χ1) is 25.9. The molecule has 3 heterocycles. The predicted molar refractivity (Wildman–Crippen MR) is 216 cm³/mol. The zero-order chi connectivity index (χ0) is 36.0. The molecule has 0 unspecified atom stereocenters. The largest absolute Gasteiger partial charge is 0.507 e. The number of aromatic hydroxyl groups is 1. The molecule has 0 spiro atoms. The minimum Gasteiger partial charge on any atom is -0.507 e. The molecule has 54 heavy (non-hydrogen) atoms. The van der Waals surface area contributed by atoms with Crippen LogP contribution in [0.2, 0.25) is 0 Å². The van der Waals surface area contributed by atoms with Gasteiger partial charge in [0.25, 0.3) is 0 Å². The topological polar surface area (TPSA) is 64.1 Å². The number of hydrogen-bond donors (Lipinski definition) is 1. The molecule has 1 N–H and O–H groups in total. The van der Waals surface area contributed by atoms with Gasteiger partial charge in [0.2, 0.25) is 0 Å². The molecule has 0 atom stereocenters. The van der Waals surface area contributed by atoms with Crippen molar-refractivity contribution in [2.24, 2.45) is 0 Å². The van der Waals surface area contributed by atoms with E-state index >= 15 is 0 Å². The number of aromatic nitrogens is 3. The Morgan fingerprint density at radius 3 is 2.17 bits per heavy atom. The van der Waals surface area contributed by atoms with Crippen molar-refractivity contribution in [2.75, 3.05) is 0 Å². The van der Waals surface area contributed by atoms with E-state index < -0.39 is 0 Å². The maximum Gasteiger partial charge on any atom is 0.149 e. The van der Waals surface area contributed by atoms with E-state index in [1.54, 1.807) is 6.07 Å². The SMILES string of the molecule is CC(C)c1cccc(C(C)C)c1-n1c(-c2cc3c(cc2O)oc2ccccc23)nc2c(-c3nc4c(c5ccccc35)CCc3ccc[c-]c3-4)cccc21.[Pt]. The summed E-state index contributed by atoms with van der Waals surface area (Å²) in [5.41, 5.74) is 13.9. The average molecular weight is 884 g/mol. The van der Waals surface area contributed by atoms with Crippen molar-refractivity contribution in [1.82, 2.24) is 14.5 Å². The molecular formula is C48H38N3O2Pt-. The molecule has 9 aromatic rings. The number of benzene rings is 6. The first-order valence-corrected chi connectivity index (χ1v) is 18.6. The van der Waals surface area contributed by atoms with Crippen molar-refractivity contribution in [3.8, 4) is 45.3 Å². The average Bonchev–Trinajstić information content (AvgIpc) is 3.74. The van der Waals surface area contributed by atoms with Crippen LogP contribution in [-0.4, -0.2) is 19.6 Å². The molecule has 0 amide bonds. The van der Waals surface area contributed by atoms with Gasteiger partial charge in [0, 0.05) is 48.9 Å². The predicted octanol–water partition coefficient (Wildman–Crippen LogP) is 12.3. The molecule has 3 aromatic heterocycles. The third kappa shape index (κ3) is 5.16. The molecule has 6 heteroatoms. The molecule has 0 bridgehead atoms. The Bertz CT molecular complexity index is 2910. The summed E-state index contributed by atoms with van der Waals surface area (Å²) in [4.78, 5) is 11.1. The van der Waals surface area contributed by atoms with Crippen molar-refractivity contribution in [3.63, 3.8) is 0 Å². The Morgan fingerprint density at radius 1 is 0.667 bits per heavy atom. The van der Waals surface area contributed by atoms with Crippen LogP contribution in [0.4, 0.5) is 0 Å². The van der Waals surface area contributed by atoms with E-state index in [4.69, 9.17) is 14.4 Å². The number of pyridine rings is 1. The van der Waals surface area contributed by atoms with Crippen molar-refractivity contribution in [1.29, 1.82) is 0 Å². The number of phenolic OH excluding ortho intramolecular Hbond substituents is 1. The van der Waals surface area contributed by atoms with E-state index in [0.717, 1.165) is 73.8 Å². The van der Waals surface area contributed by atoms with E-state index in [-0.39, 0.29) is 38.7 Å². The van der Waals surface area contributed by atoms with Crippen LogP contribution >= 0.6 is 0 Å². The van der Waals surface area contributed by atoms with Crippen LogP contribution in [0.5, 0.6) is 5.75 Å². The molecule has 1 aliphatic carbocycles. The third-order valence-corrected chi connectivity index (χ3v) is 11.1. The third-order valence-electron chi connectivity index (χ3n) is 11.1. The maximum absolute atomic E-state index is 11.9. The number of furan rings is 1. The van der Waals surface area contributed by atoms with Gasteiger partial charge in [-0.3, -0.25) is 9.55 Å². The van der Waals surface area contributed by atoms with Crippen LogP contribution in [0.3, 0.4) is 0 Å². The van der Waals surface area contributed by atoms with Crippen LogP contribution in [0.25, 0.3) is 83.3 Å². The second kappa shape index (κ2) is 13.1. The second-order valence-corrected chi connectivity index (χ2v) is 14.9. The van der Waals surface area contributed by atoms with E-state index in [1.807, 2.05) is 30.3 Å². The van der Waals surface area contributed by atoms with Crippen molar-refractivity contribution in [2.45, 2.75) is 52.4 Å². The number of imidazole rings is 1. The number of rotatable bonds is 5. The smallest absolute Gasteiger partial charge is 0.149 e. The van der Waals surface area contributed by atoms with Gasteiger partial charge in [0.15, 0.2) is 0 Å². The van der Waals surface area contributed by atoms with Crippen LogP contribution in [0.1, 0.15) is 61.8 Å². The normalized spacial score (nSPS) is 12.6. The zero-order valence-electron chi connectivity index (χ0n) is 30.6. The van der Waals surface area contributed by atoms with E-state index in [2.05, 4.69) is 117 Å². The number of nitrogens with zero attached hydrogens (tertiary/aromatic N) is 3. The van der Waals surface area contributed by atoms with Crippen LogP contribution in [0.15, 0.2) is 120 Å². The molecule has 0 radical (unpaired) electrons. The number of aryl methyl sites for hydroxylation is 2. The van der Waals surface area contributed by atoms with Crippen LogP contribution < -0.4 is 0 Å². The summed E-state index contributed by atoms with van der Waals surface area (Å²) >= 11 is 0. The standard InChI is InChI=1S/C48H38N3O2.Pt/c1-27(2)30-18-11-19-31(28(3)4)47(30)51-40-21-12-20-37(45-35-17-8-7-15-33(35)36-24-23-29-13-5-6-14-32(29)44(36)49-45)46(40)50-48(51)39-25-38-34-16-9-10-22-42(34)53-43(38)26-41(39)52;/h5-13,15-22,25-28,52H,23-24H2,1-4H3;/q-1;. The van der Waals surface area contributed by atoms with Gasteiger partial charge < -0.3 is 9.52 Å². The van der Waals surface area contributed by atoms with Gasteiger partial charge in [-0.15, -0.1) is 35.4 Å². The Balaban J connectivity index is 0.00000384. The molecule has 268 valence electrons. The van der Waals surface area contributed by atoms with E-state index in [0.29, 0.717) is 17.0 Å². The van der Waals surface area contributed by atoms with Crippen molar-refractivity contribution < 1.29 is 30.6 Å².